The number of nitrogens with zero attached hydrogens (tertiary/aromatic N) is 2. The van der Waals surface area contributed by atoms with E-state index < -0.39 is 0 Å². The number of carbonyl (C=O) groups is 1. The van der Waals surface area contributed by atoms with E-state index in [9.17, 15) is 4.79 Å². The normalized spacial score (nSPS) is 10.9. The molecule has 0 saturated carbocycles. The first-order valence-corrected chi connectivity index (χ1v) is 7.58. The summed E-state index contributed by atoms with van der Waals surface area (Å²) in [5.74, 6) is 0.109. The molecule has 0 bridgehead atoms. The molecule has 0 spiro atoms. The quantitative estimate of drug-likeness (QED) is 0.789. The number of rotatable bonds is 5. The number of aryl methyl sites for hydroxylation is 3. The Hall–Kier alpha value is -1.13. The Morgan fingerprint density at radius 3 is 2.63 bits per heavy atom. The summed E-state index contributed by atoms with van der Waals surface area (Å²) in [6.45, 7) is 4.10. The van der Waals surface area contributed by atoms with Crippen LogP contribution in [0.15, 0.2) is 12.1 Å². The van der Waals surface area contributed by atoms with Crippen LogP contribution in [-0.4, -0.2) is 15.6 Å². The standard InChI is InChI=1S/C14H17ClN2OS/c1-4-9-6-7-13(19-9)12(18)8-11-14(15)10(5-2)16-17(11)3/h6-7H,4-5,8H2,1-3H3. The molecule has 0 aliphatic rings. The van der Waals surface area contributed by atoms with Gasteiger partial charge in [0, 0.05) is 11.9 Å². The first kappa shape index (κ1) is 14.3. The molecule has 5 heteroatoms. The number of Topliss-reactive ketones (excluding diaryl/α,β-unsaturated/α-hetero) is 1. The van der Waals surface area contributed by atoms with Crippen molar-refractivity contribution in [1.29, 1.82) is 0 Å². The fourth-order valence-corrected chi connectivity index (χ4v) is 3.21. The van der Waals surface area contributed by atoms with Gasteiger partial charge in [0.2, 0.25) is 0 Å². The number of thiophene rings is 1. The monoisotopic (exact) mass is 296 g/mol. The van der Waals surface area contributed by atoms with E-state index in [2.05, 4.69) is 12.0 Å². The highest BCUT2D eigenvalue weighted by atomic mass is 35.5. The van der Waals surface area contributed by atoms with Gasteiger partial charge in [-0.1, -0.05) is 25.4 Å². The molecule has 0 aliphatic carbocycles. The summed E-state index contributed by atoms with van der Waals surface area (Å²) in [6.07, 6.45) is 2.05. The van der Waals surface area contributed by atoms with Crippen LogP contribution in [0.4, 0.5) is 0 Å². The third-order valence-electron chi connectivity index (χ3n) is 3.12. The van der Waals surface area contributed by atoms with Gasteiger partial charge in [0.15, 0.2) is 5.78 Å². The van der Waals surface area contributed by atoms with Crippen LogP contribution in [0.5, 0.6) is 0 Å². The van der Waals surface area contributed by atoms with Gasteiger partial charge in [0.25, 0.3) is 0 Å². The van der Waals surface area contributed by atoms with Crippen LogP contribution < -0.4 is 0 Å². The SMILES string of the molecule is CCc1ccc(C(=O)Cc2c(Cl)c(CC)nn2C)s1. The molecule has 0 unspecified atom stereocenters. The zero-order valence-electron chi connectivity index (χ0n) is 11.4. The maximum Gasteiger partial charge on any atom is 0.178 e. The second-order valence-corrected chi connectivity index (χ2v) is 5.95. The number of hydrogen-bond donors (Lipinski definition) is 0. The van der Waals surface area contributed by atoms with Gasteiger partial charge in [-0.15, -0.1) is 11.3 Å². The van der Waals surface area contributed by atoms with Crippen molar-refractivity contribution in [2.75, 3.05) is 0 Å². The van der Waals surface area contributed by atoms with Crippen LogP contribution in [0.3, 0.4) is 0 Å². The summed E-state index contributed by atoms with van der Waals surface area (Å²) < 4.78 is 1.72. The lowest BCUT2D eigenvalue weighted by Gasteiger charge is -2.00. The first-order chi connectivity index (χ1) is 9.06. The van der Waals surface area contributed by atoms with Gasteiger partial charge in [0.05, 0.1) is 27.7 Å². The Bertz CT molecular complexity index is 601. The molecule has 0 aromatic carbocycles. The van der Waals surface area contributed by atoms with Crippen molar-refractivity contribution < 1.29 is 4.79 Å². The van der Waals surface area contributed by atoms with Gasteiger partial charge in [-0.05, 0) is 25.0 Å². The summed E-state index contributed by atoms with van der Waals surface area (Å²) in [6, 6.07) is 3.91. The maximum absolute atomic E-state index is 12.3. The lowest BCUT2D eigenvalue weighted by molar-refractivity contribution is 0.0994. The molecule has 0 N–H and O–H groups in total. The predicted molar refractivity (Wildman–Crippen MR) is 79.3 cm³/mol. The Labute approximate surface area is 122 Å². The third kappa shape index (κ3) is 2.90. The average Bonchev–Trinajstić information content (AvgIpc) is 2.98. The van der Waals surface area contributed by atoms with E-state index in [1.165, 1.54) is 4.88 Å². The van der Waals surface area contributed by atoms with Crippen molar-refractivity contribution in [2.45, 2.75) is 33.1 Å². The van der Waals surface area contributed by atoms with E-state index in [0.717, 1.165) is 29.1 Å². The van der Waals surface area contributed by atoms with Gasteiger partial charge in [-0.3, -0.25) is 9.48 Å². The molecule has 0 saturated heterocycles. The predicted octanol–water partition coefficient (Wildman–Crippen LogP) is 3.69. The van der Waals surface area contributed by atoms with Crippen LogP contribution >= 0.6 is 22.9 Å². The van der Waals surface area contributed by atoms with Gasteiger partial charge in [-0.2, -0.15) is 5.10 Å². The van der Waals surface area contributed by atoms with Crippen LogP contribution in [-0.2, 0) is 26.3 Å². The third-order valence-corrected chi connectivity index (χ3v) is 4.82. The lowest BCUT2D eigenvalue weighted by Crippen LogP contribution is -2.06. The molecule has 2 aromatic heterocycles. The topological polar surface area (TPSA) is 34.9 Å². The molecule has 19 heavy (non-hydrogen) atoms. The van der Waals surface area contributed by atoms with E-state index in [-0.39, 0.29) is 5.78 Å². The molecule has 2 rings (SSSR count). The van der Waals surface area contributed by atoms with E-state index >= 15 is 0 Å². The van der Waals surface area contributed by atoms with Crippen molar-refractivity contribution in [3.05, 3.63) is 38.3 Å². The van der Waals surface area contributed by atoms with E-state index in [1.807, 2.05) is 26.1 Å². The minimum atomic E-state index is 0.109. The lowest BCUT2D eigenvalue weighted by atomic mass is 10.1. The van der Waals surface area contributed by atoms with Crippen molar-refractivity contribution in [1.82, 2.24) is 9.78 Å². The molecular formula is C14H17ClN2OS. The zero-order chi connectivity index (χ0) is 14.0. The van der Waals surface area contributed by atoms with Crippen LogP contribution in [0.1, 0.15) is 39.8 Å². The van der Waals surface area contributed by atoms with Crippen LogP contribution in [0.2, 0.25) is 5.02 Å². The molecule has 2 aromatic rings. The number of hydrogen-bond acceptors (Lipinski definition) is 3. The number of ketones is 1. The first-order valence-electron chi connectivity index (χ1n) is 6.38. The highest BCUT2D eigenvalue weighted by molar-refractivity contribution is 7.14. The van der Waals surface area contributed by atoms with Gasteiger partial charge >= 0.3 is 0 Å². The molecule has 0 atom stereocenters. The Balaban J connectivity index is 2.21. The largest absolute Gasteiger partial charge is 0.293 e. The minimum absolute atomic E-state index is 0.109. The number of aromatic nitrogens is 2. The van der Waals surface area contributed by atoms with E-state index in [0.29, 0.717) is 11.4 Å². The molecule has 0 amide bonds. The Morgan fingerprint density at radius 2 is 2.11 bits per heavy atom. The van der Waals surface area contributed by atoms with Gasteiger partial charge in [0.1, 0.15) is 0 Å². The molecular weight excluding hydrogens is 280 g/mol. The van der Waals surface area contributed by atoms with E-state index in [1.54, 1.807) is 16.0 Å². The van der Waals surface area contributed by atoms with Gasteiger partial charge < -0.3 is 0 Å². The van der Waals surface area contributed by atoms with Crippen LogP contribution in [0, 0.1) is 0 Å². The molecule has 0 aliphatic heterocycles. The second-order valence-electron chi connectivity index (χ2n) is 4.40. The fraction of sp³-hybridized carbons (Fsp3) is 0.429. The van der Waals surface area contributed by atoms with Gasteiger partial charge in [-0.25, -0.2) is 0 Å². The van der Waals surface area contributed by atoms with Crippen molar-refractivity contribution in [3.8, 4) is 0 Å². The zero-order valence-corrected chi connectivity index (χ0v) is 12.9. The molecule has 0 radical (unpaired) electrons. The van der Waals surface area contributed by atoms with E-state index in [4.69, 9.17) is 11.6 Å². The molecule has 2 heterocycles. The summed E-state index contributed by atoms with van der Waals surface area (Å²) in [5, 5.41) is 4.96. The highest BCUT2D eigenvalue weighted by Crippen LogP contribution is 2.24. The summed E-state index contributed by atoms with van der Waals surface area (Å²) in [5.41, 5.74) is 1.65. The Kier molecular flexibility index (Phi) is 4.42. The van der Waals surface area contributed by atoms with Crippen molar-refractivity contribution >= 4 is 28.7 Å². The smallest absolute Gasteiger partial charge is 0.178 e. The molecule has 3 nitrogen and oxygen atoms in total. The second kappa shape index (κ2) is 5.88. The van der Waals surface area contributed by atoms with Crippen molar-refractivity contribution in [2.24, 2.45) is 7.05 Å². The summed E-state index contributed by atoms with van der Waals surface area (Å²) >= 11 is 7.82. The van der Waals surface area contributed by atoms with Crippen molar-refractivity contribution in [3.63, 3.8) is 0 Å². The summed E-state index contributed by atoms with van der Waals surface area (Å²) in [4.78, 5) is 14.3. The highest BCUT2D eigenvalue weighted by Gasteiger charge is 2.18. The average molecular weight is 297 g/mol. The minimum Gasteiger partial charge on any atom is -0.293 e. The molecule has 102 valence electrons. The van der Waals surface area contributed by atoms with Crippen LogP contribution in [0.25, 0.3) is 0 Å². The molecule has 0 fully saturated rings. The fourth-order valence-electron chi connectivity index (χ4n) is 1.97. The Morgan fingerprint density at radius 1 is 1.37 bits per heavy atom. The summed E-state index contributed by atoms with van der Waals surface area (Å²) in [7, 11) is 1.83. The number of halogens is 1. The number of carbonyl (C=O) groups excluding carboxylic acids is 1. The maximum atomic E-state index is 12.3.